The van der Waals surface area contributed by atoms with E-state index in [0.29, 0.717) is 12.0 Å². The second-order valence-corrected chi connectivity index (χ2v) is 7.32. The Morgan fingerprint density at radius 1 is 1.16 bits per heavy atom. The number of piperidine rings is 1. The van der Waals surface area contributed by atoms with E-state index in [-0.39, 0.29) is 17.9 Å². The molecule has 25 heavy (non-hydrogen) atoms. The Balaban J connectivity index is 1.38. The minimum Gasteiger partial charge on any atom is -0.490 e. The fraction of sp³-hybridized carbons (Fsp3) is 0.684. The summed E-state index contributed by atoms with van der Waals surface area (Å²) in [6, 6.07) is 2.17. The molecule has 1 aliphatic heterocycles. The number of halogens is 2. The van der Waals surface area contributed by atoms with Crippen molar-refractivity contribution in [3.63, 3.8) is 0 Å². The number of benzene rings is 1. The zero-order chi connectivity index (χ0) is 17.7. The maximum absolute atomic E-state index is 14.0. The molecule has 1 aromatic rings. The predicted molar refractivity (Wildman–Crippen MR) is 90.1 cm³/mol. The van der Waals surface area contributed by atoms with Crippen LogP contribution in [0.5, 0.6) is 5.75 Å². The molecule has 4 nitrogen and oxygen atoms in total. The van der Waals surface area contributed by atoms with Crippen molar-refractivity contribution in [3.8, 4) is 5.75 Å². The third-order valence-corrected chi connectivity index (χ3v) is 5.56. The predicted octanol–water partition coefficient (Wildman–Crippen LogP) is 3.98. The third kappa shape index (κ3) is 4.68. The Kier molecular flexibility index (Phi) is 6.25. The monoisotopic (exact) mass is 355 g/mol. The minimum absolute atomic E-state index is 0.0397. The van der Waals surface area contributed by atoms with Gasteiger partial charge in [0.25, 0.3) is 0 Å². The molecule has 1 aliphatic carbocycles. The molecule has 1 saturated heterocycles. The van der Waals surface area contributed by atoms with Crippen molar-refractivity contribution in [2.24, 2.45) is 11.3 Å². The number of hydrogen-bond donors (Lipinski definition) is 1. The SMILES string of the molecule is COOCc1cc(F)c(OCCCC2CC3(CCNCC3)C2)cc1F. The van der Waals surface area contributed by atoms with Gasteiger partial charge in [-0.05, 0) is 69.0 Å². The zero-order valence-electron chi connectivity index (χ0n) is 14.8. The van der Waals surface area contributed by atoms with Crippen LogP contribution in [0.15, 0.2) is 12.1 Å². The van der Waals surface area contributed by atoms with E-state index in [9.17, 15) is 8.78 Å². The van der Waals surface area contributed by atoms with Crippen molar-refractivity contribution in [2.75, 3.05) is 26.8 Å². The van der Waals surface area contributed by atoms with E-state index in [1.54, 1.807) is 0 Å². The molecule has 0 amide bonds. The average Bonchev–Trinajstić information content (AvgIpc) is 2.59. The van der Waals surface area contributed by atoms with Crippen LogP contribution in [0.3, 0.4) is 0 Å². The maximum Gasteiger partial charge on any atom is 0.165 e. The molecule has 0 radical (unpaired) electrons. The Hall–Kier alpha value is -1.24. The fourth-order valence-corrected chi connectivity index (χ4v) is 4.20. The van der Waals surface area contributed by atoms with Gasteiger partial charge in [0.2, 0.25) is 0 Å². The van der Waals surface area contributed by atoms with E-state index >= 15 is 0 Å². The molecule has 0 bridgehead atoms. The van der Waals surface area contributed by atoms with Gasteiger partial charge in [-0.2, -0.15) is 0 Å². The first-order valence-corrected chi connectivity index (χ1v) is 9.09. The van der Waals surface area contributed by atoms with Crippen LogP contribution in [-0.2, 0) is 16.4 Å². The first-order chi connectivity index (χ1) is 12.1. The molecule has 1 spiro atoms. The van der Waals surface area contributed by atoms with E-state index < -0.39 is 11.6 Å². The smallest absolute Gasteiger partial charge is 0.165 e. The molecule has 2 fully saturated rings. The van der Waals surface area contributed by atoms with E-state index in [4.69, 9.17) is 4.74 Å². The lowest BCUT2D eigenvalue weighted by molar-refractivity contribution is -0.282. The van der Waals surface area contributed by atoms with Crippen molar-refractivity contribution < 1.29 is 23.3 Å². The molecule has 3 rings (SSSR count). The standard InChI is InChI=1S/C19H27F2NO3/c1-23-25-13-15-9-17(21)18(10-16(15)20)24-8-2-3-14-11-19(12-14)4-6-22-7-5-19/h9-10,14,22H,2-8,11-13H2,1H3. The van der Waals surface area contributed by atoms with Gasteiger partial charge in [-0.3, -0.25) is 0 Å². The molecular formula is C19H27F2NO3. The van der Waals surface area contributed by atoms with Crippen molar-refractivity contribution in [2.45, 2.75) is 45.1 Å². The van der Waals surface area contributed by atoms with Gasteiger partial charge in [-0.15, -0.1) is 0 Å². The molecule has 6 heteroatoms. The van der Waals surface area contributed by atoms with E-state index in [1.165, 1.54) is 32.8 Å². The van der Waals surface area contributed by atoms with Crippen LogP contribution < -0.4 is 10.1 Å². The van der Waals surface area contributed by atoms with Gasteiger partial charge >= 0.3 is 0 Å². The summed E-state index contributed by atoms with van der Waals surface area (Å²) < 4.78 is 33.3. The van der Waals surface area contributed by atoms with Gasteiger partial charge in [0, 0.05) is 11.6 Å². The van der Waals surface area contributed by atoms with Crippen LogP contribution in [0.1, 0.15) is 44.1 Å². The summed E-state index contributed by atoms with van der Waals surface area (Å²) in [6.45, 7) is 2.56. The van der Waals surface area contributed by atoms with Crippen LogP contribution in [0.2, 0.25) is 0 Å². The molecular weight excluding hydrogens is 328 g/mol. The van der Waals surface area contributed by atoms with Gasteiger partial charge in [0.15, 0.2) is 11.6 Å². The van der Waals surface area contributed by atoms with E-state index in [1.807, 2.05) is 0 Å². The van der Waals surface area contributed by atoms with E-state index in [0.717, 1.165) is 44.0 Å². The summed E-state index contributed by atoms with van der Waals surface area (Å²) in [5.74, 6) is -0.410. The maximum atomic E-state index is 14.0. The molecule has 1 heterocycles. The third-order valence-electron chi connectivity index (χ3n) is 5.56. The number of rotatable bonds is 8. The fourth-order valence-electron chi connectivity index (χ4n) is 4.20. The second-order valence-electron chi connectivity index (χ2n) is 7.32. The molecule has 140 valence electrons. The number of ether oxygens (including phenoxy) is 1. The highest BCUT2D eigenvalue weighted by molar-refractivity contribution is 5.30. The first kappa shape index (κ1) is 18.5. The summed E-state index contributed by atoms with van der Waals surface area (Å²) in [5.41, 5.74) is 0.694. The summed E-state index contributed by atoms with van der Waals surface area (Å²) in [4.78, 5) is 9.04. The van der Waals surface area contributed by atoms with Gasteiger partial charge in [0.05, 0.1) is 13.7 Å². The topological polar surface area (TPSA) is 39.7 Å². The lowest BCUT2D eigenvalue weighted by atomic mass is 9.57. The van der Waals surface area contributed by atoms with Crippen molar-refractivity contribution >= 4 is 0 Å². The summed E-state index contributed by atoms with van der Waals surface area (Å²) in [5, 5.41) is 3.42. The first-order valence-electron chi connectivity index (χ1n) is 9.09. The highest BCUT2D eigenvalue weighted by atomic mass is 19.1. The molecule has 2 aliphatic rings. The van der Waals surface area contributed by atoms with Gasteiger partial charge in [-0.25, -0.2) is 18.6 Å². The lowest BCUT2D eigenvalue weighted by Crippen LogP contribution is -2.45. The summed E-state index contributed by atoms with van der Waals surface area (Å²) in [7, 11) is 1.32. The molecule has 1 saturated carbocycles. The van der Waals surface area contributed by atoms with E-state index in [2.05, 4.69) is 15.1 Å². The van der Waals surface area contributed by atoms with Crippen molar-refractivity contribution in [1.29, 1.82) is 0 Å². The molecule has 0 atom stereocenters. The van der Waals surface area contributed by atoms with Gasteiger partial charge in [0.1, 0.15) is 12.4 Å². The van der Waals surface area contributed by atoms with Crippen LogP contribution in [0, 0.1) is 23.0 Å². The van der Waals surface area contributed by atoms with Crippen molar-refractivity contribution in [1.82, 2.24) is 5.32 Å². The Morgan fingerprint density at radius 3 is 2.64 bits per heavy atom. The largest absolute Gasteiger partial charge is 0.490 e. The van der Waals surface area contributed by atoms with Crippen molar-refractivity contribution in [3.05, 3.63) is 29.3 Å². The Bertz CT molecular complexity index is 568. The molecule has 1 N–H and O–H groups in total. The van der Waals surface area contributed by atoms with Crippen LogP contribution >= 0.6 is 0 Å². The Morgan fingerprint density at radius 2 is 1.92 bits per heavy atom. The molecule has 1 aromatic carbocycles. The number of nitrogens with one attached hydrogen (secondary N) is 1. The minimum atomic E-state index is -0.576. The van der Waals surface area contributed by atoms with Gasteiger partial charge < -0.3 is 10.1 Å². The zero-order valence-corrected chi connectivity index (χ0v) is 14.8. The average molecular weight is 355 g/mol. The second kappa shape index (κ2) is 8.43. The normalized spacial score (nSPS) is 19.8. The quantitative estimate of drug-likeness (QED) is 0.435. The number of hydrogen-bond acceptors (Lipinski definition) is 4. The summed E-state index contributed by atoms with van der Waals surface area (Å²) in [6.07, 6.45) is 7.18. The molecule has 0 unspecified atom stereocenters. The highest BCUT2D eigenvalue weighted by Crippen LogP contribution is 2.53. The Labute approximate surface area is 147 Å². The van der Waals surface area contributed by atoms with Gasteiger partial charge in [-0.1, -0.05) is 0 Å². The van der Waals surface area contributed by atoms with Crippen LogP contribution in [0.25, 0.3) is 0 Å². The summed E-state index contributed by atoms with van der Waals surface area (Å²) >= 11 is 0. The lowest BCUT2D eigenvalue weighted by Gasteiger charge is -2.50. The highest BCUT2D eigenvalue weighted by Gasteiger charge is 2.43. The van der Waals surface area contributed by atoms with Crippen LogP contribution in [0.4, 0.5) is 8.78 Å². The molecule has 0 aromatic heterocycles. The van der Waals surface area contributed by atoms with Crippen LogP contribution in [-0.4, -0.2) is 26.8 Å².